The predicted octanol–water partition coefficient (Wildman–Crippen LogP) is 2.84. The van der Waals surface area contributed by atoms with E-state index in [0.717, 1.165) is 37.4 Å². The van der Waals surface area contributed by atoms with Crippen molar-refractivity contribution < 1.29 is 4.74 Å². The first-order valence-electron chi connectivity index (χ1n) is 6.92. The molecule has 1 heterocycles. The van der Waals surface area contributed by atoms with E-state index >= 15 is 0 Å². The number of anilines is 1. The lowest BCUT2D eigenvalue weighted by Crippen LogP contribution is -2.40. The van der Waals surface area contributed by atoms with Crippen molar-refractivity contribution in [2.24, 2.45) is 5.73 Å². The number of hydrogen-bond donors (Lipinski definition) is 1. The number of methoxy groups -OCH3 is 1. The van der Waals surface area contributed by atoms with E-state index in [4.69, 9.17) is 22.1 Å². The molecule has 2 N–H and O–H groups in total. The maximum Gasteiger partial charge on any atom is 0.0746 e. The highest BCUT2D eigenvalue weighted by atomic mass is 35.5. The van der Waals surface area contributed by atoms with Gasteiger partial charge < -0.3 is 15.4 Å². The van der Waals surface area contributed by atoms with Crippen LogP contribution in [-0.4, -0.2) is 32.3 Å². The van der Waals surface area contributed by atoms with Crippen molar-refractivity contribution in [3.8, 4) is 0 Å². The number of halogens is 1. The van der Waals surface area contributed by atoms with E-state index in [1.807, 2.05) is 13.0 Å². The second-order valence-corrected chi connectivity index (χ2v) is 5.84. The van der Waals surface area contributed by atoms with Crippen molar-refractivity contribution in [3.05, 3.63) is 28.8 Å². The lowest BCUT2D eigenvalue weighted by molar-refractivity contribution is 0.0893. The molecule has 106 valence electrons. The van der Waals surface area contributed by atoms with Crippen LogP contribution in [0.3, 0.4) is 0 Å². The van der Waals surface area contributed by atoms with E-state index in [1.165, 1.54) is 11.3 Å². The van der Waals surface area contributed by atoms with Crippen LogP contribution in [0, 0.1) is 0 Å². The normalized spacial score (nSPS) is 21.5. The predicted molar refractivity (Wildman–Crippen MR) is 81.0 cm³/mol. The average Bonchev–Trinajstić information content (AvgIpc) is 2.40. The molecule has 0 saturated carbocycles. The Morgan fingerprint density at radius 2 is 2.32 bits per heavy atom. The smallest absolute Gasteiger partial charge is 0.0746 e. The Hall–Kier alpha value is -0.770. The number of piperidine rings is 1. The molecule has 1 fully saturated rings. The molecule has 1 aliphatic rings. The summed E-state index contributed by atoms with van der Waals surface area (Å²) in [5.74, 6) is 0. The Balaban J connectivity index is 2.23. The van der Waals surface area contributed by atoms with Gasteiger partial charge in [-0.2, -0.15) is 0 Å². The van der Waals surface area contributed by atoms with Crippen LogP contribution < -0.4 is 10.6 Å². The maximum absolute atomic E-state index is 6.15. The Morgan fingerprint density at radius 3 is 3.00 bits per heavy atom. The summed E-state index contributed by atoms with van der Waals surface area (Å²) in [7, 11) is 1.79. The zero-order valence-electron chi connectivity index (χ0n) is 11.7. The number of rotatable bonds is 4. The fourth-order valence-electron chi connectivity index (χ4n) is 2.70. The van der Waals surface area contributed by atoms with E-state index in [0.29, 0.717) is 6.10 Å². The van der Waals surface area contributed by atoms with Gasteiger partial charge in [-0.15, -0.1) is 0 Å². The number of ether oxygens (including phenoxy) is 1. The molecule has 0 bridgehead atoms. The van der Waals surface area contributed by atoms with Gasteiger partial charge in [0.25, 0.3) is 0 Å². The molecule has 0 aliphatic carbocycles. The summed E-state index contributed by atoms with van der Waals surface area (Å²) in [5.41, 5.74) is 8.43. The molecule has 2 atom stereocenters. The van der Waals surface area contributed by atoms with E-state index in [1.54, 1.807) is 7.11 Å². The topological polar surface area (TPSA) is 38.5 Å². The molecule has 2 unspecified atom stereocenters. The molecule has 2 rings (SSSR count). The highest BCUT2D eigenvalue weighted by Crippen LogP contribution is 2.29. The Labute approximate surface area is 120 Å². The van der Waals surface area contributed by atoms with Crippen LogP contribution in [0.5, 0.6) is 0 Å². The fraction of sp³-hybridized carbons (Fsp3) is 0.600. The van der Waals surface area contributed by atoms with Crippen molar-refractivity contribution in [2.75, 3.05) is 25.1 Å². The fourth-order valence-corrected chi connectivity index (χ4v) is 2.87. The molecule has 3 nitrogen and oxygen atoms in total. The Kier molecular flexibility index (Phi) is 5.08. The van der Waals surface area contributed by atoms with Crippen molar-refractivity contribution in [3.63, 3.8) is 0 Å². The van der Waals surface area contributed by atoms with Gasteiger partial charge in [0.15, 0.2) is 0 Å². The summed E-state index contributed by atoms with van der Waals surface area (Å²) in [6, 6.07) is 6.25. The number of nitrogens with two attached hydrogens (primary N) is 1. The maximum atomic E-state index is 6.15. The van der Waals surface area contributed by atoms with Gasteiger partial charge in [0.1, 0.15) is 0 Å². The van der Waals surface area contributed by atoms with Gasteiger partial charge in [-0.1, -0.05) is 17.7 Å². The summed E-state index contributed by atoms with van der Waals surface area (Å²) in [4.78, 5) is 2.38. The molecular formula is C15H23ClN2O. The number of benzene rings is 1. The van der Waals surface area contributed by atoms with Crippen molar-refractivity contribution in [1.29, 1.82) is 0 Å². The molecular weight excluding hydrogens is 260 g/mol. The van der Waals surface area contributed by atoms with Crippen LogP contribution in [-0.2, 0) is 11.2 Å². The molecule has 0 spiro atoms. The lowest BCUT2D eigenvalue weighted by Gasteiger charge is -2.35. The van der Waals surface area contributed by atoms with E-state index in [2.05, 4.69) is 17.0 Å². The van der Waals surface area contributed by atoms with E-state index in [9.17, 15) is 0 Å². The molecule has 19 heavy (non-hydrogen) atoms. The molecule has 1 saturated heterocycles. The molecule has 0 aromatic heterocycles. The monoisotopic (exact) mass is 282 g/mol. The highest BCUT2D eigenvalue weighted by molar-refractivity contribution is 6.30. The summed E-state index contributed by atoms with van der Waals surface area (Å²) in [5, 5.41) is 0.781. The first kappa shape index (κ1) is 14.6. The summed E-state index contributed by atoms with van der Waals surface area (Å²) in [6.07, 6.45) is 3.48. The third kappa shape index (κ3) is 3.85. The van der Waals surface area contributed by atoms with Crippen LogP contribution in [0.4, 0.5) is 5.69 Å². The van der Waals surface area contributed by atoms with Crippen molar-refractivity contribution in [2.45, 2.75) is 38.3 Å². The molecule has 0 amide bonds. The van der Waals surface area contributed by atoms with E-state index < -0.39 is 0 Å². The number of hydrogen-bond acceptors (Lipinski definition) is 3. The van der Waals surface area contributed by atoms with Gasteiger partial charge in [0.2, 0.25) is 0 Å². The second-order valence-electron chi connectivity index (χ2n) is 5.40. The molecule has 1 aliphatic heterocycles. The second kappa shape index (κ2) is 6.60. The van der Waals surface area contributed by atoms with Crippen LogP contribution in [0.15, 0.2) is 18.2 Å². The third-order valence-electron chi connectivity index (χ3n) is 3.64. The summed E-state index contributed by atoms with van der Waals surface area (Å²) >= 11 is 6.15. The van der Waals surface area contributed by atoms with Gasteiger partial charge >= 0.3 is 0 Å². The Bertz CT molecular complexity index is 423. The molecule has 0 radical (unpaired) electrons. The minimum Gasteiger partial charge on any atom is -0.380 e. The minimum absolute atomic E-state index is 0.155. The molecule has 1 aromatic carbocycles. The largest absolute Gasteiger partial charge is 0.380 e. The van der Waals surface area contributed by atoms with Crippen molar-refractivity contribution >= 4 is 17.3 Å². The first-order chi connectivity index (χ1) is 9.10. The van der Waals surface area contributed by atoms with Gasteiger partial charge in [-0.25, -0.2) is 0 Å². The number of nitrogens with zero attached hydrogens (tertiary/aromatic N) is 1. The first-order valence-corrected chi connectivity index (χ1v) is 7.29. The zero-order chi connectivity index (χ0) is 13.8. The average molecular weight is 283 g/mol. The lowest BCUT2D eigenvalue weighted by atomic mass is 10.0. The van der Waals surface area contributed by atoms with Gasteiger partial charge in [0, 0.05) is 37.0 Å². The van der Waals surface area contributed by atoms with Crippen LogP contribution >= 0.6 is 11.6 Å². The summed E-state index contributed by atoms with van der Waals surface area (Å²) in [6.45, 7) is 4.03. The quantitative estimate of drug-likeness (QED) is 0.923. The van der Waals surface area contributed by atoms with Crippen molar-refractivity contribution in [1.82, 2.24) is 0 Å². The SMILES string of the molecule is COC1CCCN(c2cc(Cl)ccc2CC(C)N)C1. The third-order valence-corrected chi connectivity index (χ3v) is 3.88. The Morgan fingerprint density at radius 1 is 1.53 bits per heavy atom. The summed E-state index contributed by atoms with van der Waals surface area (Å²) < 4.78 is 5.49. The molecule has 4 heteroatoms. The van der Waals surface area contributed by atoms with Crippen LogP contribution in [0.25, 0.3) is 0 Å². The van der Waals surface area contributed by atoms with Gasteiger partial charge in [-0.05, 0) is 43.9 Å². The van der Waals surface area contributed by atoms with Crippen LogP contribution in [0.1, 0.15) is 25.3 Å². The van der Waals surface area contributed by atoms with Gasteiger partial charge in [0.05, 0.1) is 6.10 Å². The van der Waals surface area contributed by atoms with Crippen LogP contribution in [0.2, 0.25) is 5.02 Å². The zero-order valence-corrected chi connectivity index (χ0v) is 12.5. The van der Waals surface area contributed by atoms with Gasteiger partial charge in [-0.3, -0.25) is 0 Å². The standard InChI is InChI=1S/C15H23ClN2O/c1-11(17)8-12-5-6-13(16)9-15(12)18-7-3-4-14(10-18)19-2/h5-6,9,11,14H,3-4,7-8,10,17H2,1-2H3. The van der Waals surface area contributed by atoms with E-state index in [-0.39, 0.29) is 6.04 Å². The highest BCUT2D eigenvalue weighted by Gasteiger charge is 2.21. The molecule has 1 aromatic rings. The minimum atomic E-state index is 0.155.